The van der Waals surface area contributed by atoms with Gasteiger partial charge in [0.15, 0.2) is 0 Å². The smallest absolute Gasteiger partial charge is 0.244 e. The minimum atomic E-state index is 0.0567. The molecule has 0 aromatic carbocycles. The van der Waals surface area contributed by atoms with Gasteiger partial charge < -0.3 is 10.6 Å². The topological polar surface area (TPSA) is 77.0 Å². The first-order valence-corrected chi connectivity index (χ1v) is 6.70. The maximum Gasteiger partial charge on any atom is 0.244 e. The summed E-state index contributed by atoms with van der Waals surface area (Å²) in [7, 11) is 0. The second-order valence-electron chi connectivity index (χ2n) is 5.01. The third-order valence-electron chi connectivity index (χ3n) is 3.33. The summed E-state index contributed by atoms with van der Waals surface area (Å²) < 4.78 is 1.57. The van der Waals surface area contributed by atoms with Gasteiger partial charge >= 0.3 is 0 Å². The molecule has 1 saturated carbocycles. The average Bonchev–Trinajstić information content (AvgIpc) is 3.21. The van der Waals surface area contributed by atoms with Gasteiger partial charge in [-0.2, -0.15) is 5.10 Å². The first-order chi connectivity index (χ1) is 9.72. The van der Waals surface area contributed by atoms with Gasteiger partial charge in [0.2, 0.25) is 5.91 Å². The summed E-state index contributed by atoms with van der Waals surface area (Å²) in [6.07, 6.45) is 5.61. The number of hydrogen-bond acceptors (Lipinski definition) is 4. The number of nitrogen functional groups attached to an aromatic ring is 1. The lowest BCUT2D eigenvalue weighted by molar-refractivity contribution is -0.133. The Morgan fingerprint density at radius 2 is 2.25 bits per heavy atom. The minimum Gasteiger partial charge on any atom is -0.382 e. The van der Waals surface area contributed by atoms with Crippen LogP contribution in [0.2, 0.25) is 0 Å². The van der Waals surface area contributed by atoms with Crippen LogP contribution in [0.15, 0.2) is 36.7 Å². The molecule has 0 aliphatic heterocycles. The highest BCUT2D eigenvalue weighted by molar-refractivity contribution is 5.76. The highest BCUT2D eigenvalue weighted by Gasteiger charge is 2.32. The fourth-order valence-electron chi connectivity index (χ4n) is 2.17. The minimum absolute atomic E-state index is 0.0567. The molecule has 0 saturated heterocycles. The number of pyridine rings is 1. The molecule has 1 aliphatic carbocycles. The van der Waals surface area contributed by atoms with Crippen molar-refractivity contribution < 1.29 is 4.79 Å². The van der Waals surface area contributed by atoms with Gasteiger partial charge in [0.05, 0.1) is 12.2 Å². The normalized spacial score (nSPS) is 14.2. The van der Waals surface area contributed by atoms with Crippen molar-refractivity contribution in [2.75, 3.05) is 5.73 Å². The monoisotopic (exact) mass is 271 g/mol. The van der Waals surface area contributed by atoms with Crippen LogP contribution in [-0.2, 0) is 17.9 Å². The molecule has 6 heteroatoms. The highest BCUT2D eigenvalue weighted by Crippen LogP contribution is 2.28. The number of nitrogens with two attached hydrogens (primary N) is 1. The number of carbonyl (C=O) groups excluding carboxylic acids is 1. The van der Waals surface area contributed by atoms with E-state index in [4.69, 9.17) is 5.73 Å². The van der Waals surface area contributed by atoms with E-state index in [1.165, 1.54) is 0 Å². The van der Waals surface area contributed by atoms with Gasteiger partial charge in [0.25, 0.3) is 0 Å². The summed E-state index contributed by atoms with van der Waals surface area (Å²) in [4.78, 5) is 18.6. The van der Waals surface area contributed by atoms with Crippen molar-refractivity contribution in [2.24, 2.45) is 0 Å². The van der Waals surface area contributed by atoms with Gasteiger partial charge in [-0.25, -0.2) is 0 Å². The second-order valence-corrected chi connectivity index (χ2v) is 5.01. The predicted molar refractivity (Wildman–Crippen MR) is 74.4 cm³/mol. The summed E-state index contributed by atoms with van der Waals surface area (Å²) in [6.45, 7) is 0.779. The Labute approximate surface area is 117 Å². The molecule has 6 nitrogen and oxygen atoms in total. The molecule has 20 heavy (non-hydrogen) atoms. The van der Waals surface area contributed by atoms with E-state index in [0.717, 1.165) is 18.5 Å². The molecule has 104 valence electrons. The third-order valence-corrected chi connectivity index (χ3v) is 3.33. The molecular formula is C14H17N5O. The van der Waals surface area contributed by atoms with E-state index in [-0.39, 0.29) is 12.5 Å². The first kappa shape index (κ1) is 12.7. The Balaban J connectivity index is 1.69. The molecule has 0 atom stereocenters. The summed E-state index contributed by atoms with van der Waals surface area (Å²) in [5.41, 5.74) is 6.47. The molecule has 0 bridgehead atoms. The molecule has 0 unspecified atom stereocenters. The van der Waals surface area contributed by atoms with E-state index in [0.29, 0.717) is 18.4 Å². The van der Waals surface area contributed by atoms with Crippen molar-refractivity contribution >= 4 is 11.7 Å². The Bertz CT molecular complexity index is 591. The molecule has 2 aromatic heterocycles. The number of aromatic nitrogens is 3. The highest BCUT2D eigenvalue weighted by atomic mass is 16.2. The number of carbonyl (C=O) groups is 1. The van der Waals surface area contributed by atoms with Gasteiger partial charge in [-0.05, 0) is 31.0 Å². The molecule has 2 heterocycles. The standard InChI is InChI=1S/C14H17N5O/c15-13-6-8-18(17-13)10-14(20)19(12-4-5-12)9-11-3-1-2-7-16-11/h1-3,6-8,12H,4-5,9-10H2,(H2,15,17). The zero-order valence-corrected chi connectivity index (χ0v) is 11.1. The van der Waals surface area contributed by atoms with Gasteiger partial charge in [-0.1, -0.05) is 6.07 Å². The molecule has 2 N–H and O–H groups in total. The van der Waals surface area contributed by atoms with Gasteiger partial charge in [0.1, 0.15) is 12.4 Å². The summed E-state index contributed by atoms with van der Waals surface area (Å²) in [5, 5.41) is 4.05. The van der Waals surface area contributed by atoms with E-state index in [1.54, 1.807) is 23.1 Å². The molecule has 2 aromatic rings. The van der Waals surface area contributed by atoms with Crippen molar-refractivity contribution in [3.8, 4) is 0 Å². The molecule has 0 spiro atoms. The fraction of sp³-hybridized carbons (Fsp3) is 0.357. The van der Waals surface area contributed by atoms with Crippen LogP contribution in [0, 0.1) is 0 Å². The zero-order chi connectivity index (χ0) is 13.9. The number of amides is 1. The fourth-order valence-corrected chi connectivity index (χ4v) is 2.17. The quantitative estimate of drug-likeness (QED) is 0.881. The summed E-state index contributed by atoms with van der Waals surface area (Å²) >= 11 is 0. The third kappa shape index (κ3) is 2.96. The molecule has 1 amide bonds. The lowest BCUT2D eigenvalue weighted by Gasteiger charge is -2.22. The predicted octanol–water partition coefficient (Wildman–Crippen LogP) is 1.05. The van der Waals surface area contributed by atoms with E-state index in [2.05, 4.69) is 10.1 Å². The van der Waals surface area contributed by atoms with E-state index in [1.807, 2.05) is 23.1 Å². The first-order valence-electron chi connectivity index (χ1n) is 6.70. The molecule has 0 radical (unpaired) electrons. The molecule has 1 aliphatic rings. The van der Waals surface area contributed by atoms with Crippen LogP contribution in [-0.4, -0.2) is 31.6 Å². The summed E-state index contributed by atoms with van der Waals surface area (Å²) in [6, 6.07) is 7.78. The number of hydrogen-bond donors (Lipinski definition) is 1. The van der Waals surface area contributed by atoms with Crippen molar-refractivity contribution in [1.29, 1.82) is 0 Å². The number of nitrogens with zero attached hydrogens (tertiary/aromatic N) is 4. The van der Waals surface area contributed by atoms with Crippen LogP contribution in [0.4, 0.5) is 5.82 Å². The average molecular weight is 271 g/mol. The maximum atomic E-state index is 12.4. The van der Waals surface area contributed by atoms with E-state index in [9.17, 15) is 4.79 Å². The van der Waals surface area contributed by atoms with E-state index >= 15 is 0 Å². The van der Waals surface area contributed by atoms with Crippen molar-refractivity contribution in [2.45, 2.75) is 32.0 Å². The molecule has 1 fully saturated rings. The summed E-state index contributed by atoms with van der Waals surface area (Å²) in [5.74, 6) is 0.488. The Morgan fingerprint density at radius 1 is 1.40 bits per heavy atom. The lowest BCUT2D eigenvalue weighted by Crippen LogP contribution is -2.35. The zero-order valence-electron chi connectivity index (χ0n) is 11.1. The van der Waals surface area contributed by atoms with Gasteiger partial charge in [-0.3, -0.25) is 14.5 Å². The van der Waals surface area contributed by atoms with Crippen LogP contribution in [0.5, 0.6) is 0 Å². The SMILES string of the molecule is Nc1ccn(CC(=O)N(Cc2ccccn2)C2CC2)n1. The maximum absolute atomic E-state index is 12.4. The Hall–Kier alpha value is -2.37. The largest absolute Gasteiger partial charge is 0.382 e. The van der Waals surface area contributed by atoms with Crippen LogP contribution < -0.4 is 5.73 Å². The Morgan fingerprint density at radius 3 is 2.85 bits per heavy atom. The van der Waals surface area contributed by atoms with Crippen LogP contribution in [0.1, 0.15) is 18.5 Å². The number of anilines is 1. The van der Waals surface area contributed by atoms with Crippen LogP contribution in [0.3, 0.4) is 0 Å². The van der Waals surface area contributed by atoms with E-state index < -0.39 is 0 Å². The lowest BCUT2D eigenvalue weighted by atomic mass is 10.3. The van der Waals surface area contributed by atoms with Crippen molar-refractivity contribution in [3.05, 3.63) is 42.4 Å². The van der Waals surface area contributed by atoms with Gasteiger partial charge in [0, 0.05) is 18.4 Å². The Kier molecular flexibility index (Phi) is 3.37. The van der Waals surface area contributed by atoms with Crippen molar-refractivity contribution in [1.82, 2.24) is 19.7 Å². The van der Waals surface area contributed by atoms with Crippen molar-refractivity contribution in [3.63, 3.8) is 0 Å². The second kappa shape index (κ2) is 5.32. The molecule has 3 rings (SSSR count). The number of rotatable bonds is 5. The van der Waals surface area contributed by atoms with Crippen LogP contribution >= 0.6 is 0 Å². The molecular weight excluding hydrogens is 254 g/mol. The van der Waals surface area contributed by atoms with Crippen LogP contribution in [0.25, 0.3) is 0 Å². The van der Waals surface area contributed by atoms with Gasteiger partial charge in [-0.15, -0.1) is 0 Å².